The van der Waals surface area contributed by atoms with Crippen LogP contribution in [0.5, 0.6) is 11.5 Å². The average Bonchev–Trinajstić information content (AvgIpc) is 3.20. The number of aromatic nitrogens is 1. The van der Waals surface area contributed by atoms with Crippen molar-refractivity contribution in [2.45, 2.75) is 0 Å². The molecule has 0 radical (unpaired) electrons. The molecule has 0 amide bonds. The Balaban J connectivity index is 2.08. The minimum atomic E-state index is -4.04. The third-order valence-corrected chi connectivity index (χ3v) is 5.84. The Morgan fingerprint density at radius 2 is 1.81 bits per heavy atom. The van der Waals surface area contributed by atoms with Crippen molar-refractivity contribution in [2.24, 2.45) is 0 Å². The fraction of sp³-hybridized carbons (Fsp3) is 0.118. The Morgan fingerprint density at radius 3 is 2.50 bits per heavy atom. The van der Waals surface area contributed by atoms with Gasteiger partial charge in [0.2, 0.25) is 4.62 Å². The number of allylic oxidation sites excluding steroid dienone is 2. The van der Waals surface area contributed by atoms with E-state index in [9.17, 15) is 0 Å². The van der Waals surface area contributed by atoms with E-state index in [1.807, 2.05) is 6.07 Å². The van der Waals surface area contributed by atoms with Crippen molar-refractivity contribution in [2.75, 3.05) is 14.2 Å². The number of fused-ring (bicyclic) bond motifs is 2. The summed E-state index contributed by atoms with van der Waals surface area (Å²) in [5, 5.41) is 0. The molecule has 0 N–H and O–H groups in total. The lowest BCUT2D eigenvalue weighted by Crippen LogP contribution is -2.50. The van der Waals surface area contributed by atoms with E-state index in [1.165, 1.54) is 0 Å². The standard InChI is InChI=1S/C17H13BBr2F2N2O2/c1-25-10-3-4-11(14(9-10)26-2)17-12-5-7-15(19)23(12)18(21,22)24-13(17)6-8-16(24)20/h3-9H,1-2H3. The molecule has 0 aliphatic carbocycles. The first kappa shape index (κ1) is 17.5. The summed E-state index contributed by atoms with van der Waals surface area (Å²) in [6, 6.07) is 8.66. The molecule has 4 nitrogen and oxygen atoms in total. The predicted molar refractivity (Wildman–Crippen MR) is 104 cm³/mol. The van der Waals surface area contributed by atoms with Crippen LogP contribution in [-0.4, -0.2) is 34.8 Å². The Morgan fingerprint density at radius 1 is 1.04 bits per heavy atom. The Kier molecular flexibility index (Phi) is 4.11. The van der Waals surface area contributed by atoms with Gasteiger partial charge in [-0.05, 0) is 40.2 Å². The number of methoxy groups -OCH3 is 2. The Bertz CT molecular complexity index is 1030. The van der Waals surface area contributed by atoms with Gasteiger partial charge in [-0.1, -0.05) is 0 Å². The van der Waals surface area contributed by atoms with Crippen molar-refractivity contribution in [3.8, 4) is 11.5 Å². The highest BCUT2D eigenvalue weighted by atomic mass is 79.9. The number of nitrogens with zero attached hydrogens (tertiary/aromatic N) is 2. The maximum atomic E-state index is 15.2. The van der Waals surface area contributed by atoms with E-state index in [0.717, 1.165) is 8.96 Å². The van der Waals surface area contributed by atoms with E-state index in [-0.39, 0.29) is 0 Å². The average molecular weight is 486 g/mol. The topological polar surface area (TPSA) is 26.4 Å². The third kappa shape index (κ3) is 2.33. The van der Waals surface area contributed by atoms with Crippen molar-refractivity contribution in [1.29, 1.82) is 0 Å². The Hall–Kier alpha value is -1.87. The smallest absolute Gasteiger partial charge is 0.497 e. The second-order valence-electron chi connectivity index (χ2n) is 5.85. The molecule has 2 aliphatic heterocycles. The first-order valence-electron chi connectivity index (χ1n) is 7.76. The summed E-state index contributed by atoms with van der Waals surface area (Å²) in [5.41, 5.74) is 2.21. The van der Waals surface area contributed by atoms with Gasteiger partial charge in [-0.25, -0.2) is 0 Å². The second-order valence-corrected chi connectivity index (χ2v) is 7.48. The van der Waals surface area contributed by atoms with Gasteiger partial charge in [-0.15, -0.1) is 0 Å². The zero-order valence-electron chi connectivity index (χ0n) is 13.8. The van der Waals surface area contributed by atoms with E-state index in [4.69, 9.17) is 9.47 Å². The van der Waals surface area contributed by atoms with E-state index in [0.29, 0.717) is 43.3 Å². The number of rotatable bonds is 3. The molecule has 3 heterocycles. The van der Waals surface area contributed by atoms with Gasteiger partial charge in [0.25, 0.3) is 0 Å². The highest BCUT2D eigenvalue weighted by molar-refractivity contribution is 9.18. The number of benzene rings is 1. The van der Waals surface area contributed by atoms with Gasteiger partial charge in [0.1, 0.15) is 11.5 Å². The highest BCUT2D eigenvalue weighted by Gasteiger charge is 2.54. The SMILES string of the molecule is COc1ccc(C2=C3C=CC(Br)=[N+]3[B-](F)(F)n3c(Br)ccc32)c(OC)c1. The summed E-state index contributed by atoms with van der Waals surface area (Å²) in [4.78, 5) is 0. The van der Waals surface area contributed by atoms with Crippen molar-refractivity contribution in [3.63, 3.8) is 0 Å². The summed E-state index contributed by atoms with van der Waals surface area (Å²) in [5.74, 6) is 1.18. The molecule has 0 saturated carbocycles. The van der Waals surface area contributed by atoms with E-state index in [1.54, 1.807) is 50.6 Å². The molecular weight excluding hydrogens is 473 g/mol. The summed E-state index contributed by atoms with van der Waals surface area (Å²) in [6.45, 7) is -4.04. The molecule has 2 aromatic rings. The molecule has 4 rings (SSSR count). The van der Waals surface area contributed by atoms with Crippen molar-refractivity contribution in [1.82, 2.24) is 4.48 Å². The second kappa shape index (κ2) is 6.09. The number of halogens is 4. The third-order valence-electron chi connectivity index (χ3n) is 4.55. The van der Waals surface area contributed by atoms with Crippen LogP contribution >= 0.6 is 31.9 Å². The van der Waals surface area contributed by atoms with Crippen LogP contribution < -0.4 is 9.47 Å². The minimum Gasteiger partial charge on any atom is -0.497 e. The first-order valence-corrected chi connectivity index (χ1v) is 9.35. The van der Waals surface area contributed by atoms with E-state index >= 15 is 8.63 Å². The van der Waals surface area contributed by atoms with Crippen LogP contribution in [-0.2, 0) is 0 Å². The van der Waals surface area contributed by atoms with Gasteiger partial charge in [-0.2, -0.15) is 0 Å². The van der Waals surface area contributed by atoms with Gasteiger partial charge in [-0.3, -0.25) is 0 Å². The molecule has 1 aromatic heterocycles. The van der Waals surface area contributed by atoms with Gasteiger partial charge in [0, 0.05) is 45.4 Å². The van der Waals surface area contributed by atoms with Crippen molar-refractivity contribution < 1.29 is 22.6 Å². The van der Waals surface area contributed by atoms with Gasteiger partial charge in [0.15, 0.2) is 5.70 Å². The molecule has 134 valence electrons. The lowest BCUT2D eigenvalue weighted by molar-refractivity contribution is -0.358. The van der Waals surface area contributed by atoms with Gasteiger partial charge in [0.05, 0.1) is 24.4 Å². The van der Waals surface area contributed by atoms with Crippen molar-refractivity contribution in [3.05, 3.63) is 64.0 Å². The molecule has 26 heavy (non-hydrogen) atoms. The van der Waals surface area contributed by atoms with Crippen LogP contribution in [0.4, 0.5) is 8.63 Å². The quantitative estimate of drug-likeness (QED) is 0.592. The monoisotopic (exact) mass is 484 g/mol. The molecule has 9 heteroatoms. The molecular formula is C17H13BBr2F2N2O2. The predicted octanol–water partition coefficient (Wildman–Crippen LogP) is 4.64. The van der Waals surface area contributed by atoms with E-state index in [2.05, 4.69) is 31.9 Å². The zero-order chi connectivity index (χ0) is 18.6. The largest absolute Gasteiger partial charge is 0.738 e. The minimum absolute atomic E-state index is 0.314. The van der Waals surface area contributed by atoms with Crippen LogP contribution in [0.1, 0.15) is 11.3 Å². The summed E-state index contributed by atoms with van der Waals surface area (Å²) >= 11 is 6.51. The van der Waals surface area contributed by atoms with Gasteiger partial charge >= 0.3 is 6.97 Å². The molecule has 0 fully saturated rings. The number of ether oxygens (including phenoxy) is 2. The molecule has 1 aromatic carbocycles. The maximum absolute atomic E-state index is 15.2. The van der Waals surface area contributed by atoms with Crippen LogP contribution in [0.2, 0.25) is 0 Å². The van der Waals surface area contributed by atoms with Gasteiger partial charge < -0.3 is 27.1 Å². The van der Waals surface area contributed by atoms with Crippen LogP contribution in [0.15, 0.2) is 52.8 Å². The first-order chi connectivity index (χ1) is 12.4. The fourth-order valence-corrected chi connectivity index (χ4v) is 4.55. The summed E-state index contributed by atoms with van der Waals surface area (Å²) in [7, 11) is 3.11. The lowest BCUT2D eigenvalue weighted by atomic mass is 9.86. The van der Waals surface area contributed by atoms with Crippen LogP contribution in [0, 0.1) is 0 Å². The fourth-order valence-electron chi connectivity index (χ4n) is 3.41. The van der Waals surface area contributed by atoms with Crippen molar-refractivity contribution >= 4 is 49.0 Å². The molecule has 2 aliphatic rings. The Labute approximate surface area is 165 Å². The molecule has 0 saturated heterocycles. The summed E-state index contributed by atoms with van der Waals surface area (Å²) in [6.07, 6.45) is 3.31. The molecule has 0 spiro atoms. The molecule has 0 unspecified atom stereocenters. The zero-order valence-corrected chi connectivity index (χ0v) is 17.0. The van der Waals surface area contributed by atoms with Crippen LogP contribution in [0.3, 0.4) is 0 Å². The normalized spacial score (nSPS) is 17.5. The number of hydrogen-bond donors (Lipinski definition) is 0. The molecule has 0 bridgehead atoms. The highest BCUT2D eigenvalue weighted by Crippen LogP contribution is 2.44. The molecule has 0 atom stereocenters. The van der Waals surface area contributed by atoms with E-state index < -0.39 is 6.97 Å². The summed E-state index contributed by atoms with van der Waals surface area (Å²) < 4.78 is 43.9. The van der Waals surface area contributed by atoms with Crippen LogP contribution in [0.25, 0.3) is 5.57 Å². The number of hydrogen-bond acceptors (Lipinski definition) is 2. The lowest BCUT2D eigenvalue weighted by Gasteiger charge is -2.32. The maximum Gasteiger partial charge on any atom is 0.738 e.